The van der Waals surface area contributed by atoms with E-state index in [0.29, 0.717) is 25.1 Å². The zero-order chi connectivity index (χ0) is 37.6. The lowest BCUT2D eigenvalue weighted by Gasteiger charge is -2.41. The molecule has 50 heavy (non-hydrogen) atoms. The summed E-state index contributed by atoms with van der Waals surface area (Å²) >= 11 is 0. The number of carbonyl (C=O) groups excluding carboxylic acids is 4. The number of nitrogens with one attached hydrogen (secondary N) is 2. The largest absolute Gasteiger partial charge is 0.354 e. The van der Waals surface area contributed by atoms with Crippen LogP contribution in [0.3, 0.4) is 0 Å². The Morgan fingerprint density at radius 3 is 2.00 bits per heavy atom. The number of carbonyl (C=O) groups is 4. The molecular weight excluding hydrogens is 628 g/mol. The van der Waals surface area contributed by atoms with Gasteiger partial charge in [-0.15, -0.1) is 0 Å². The molecule has 0 radical (unpaired) electrons. The quantitative estimate of drug-likeness (QED) is 0.134. The smallest absolute Gasteiger partial charge is 0.249 e. The molecule has 4 atom stereocenters. The number of amides is 4. The highest BCUT2D eigenvalue weighted by Crippen LogP contribution is 2.27. The molecule has 0 bridgehead atoms. The Bertz CT molecular complexity index is 1110. The van der Waals surface area contributed by atoms with Crippen LogP contribution in [0.1, 0.15) is 133 Å². The van der Waals surface area contributed by atoms with E-state index in [0.717, 1.165) is 58.3 Å². The summed E-state index contributed by atoms with van der Waals surface area (Å²) in [5, 5.41) is 6.27. The molecule has 2 saturated heterocycles. The Labute approximate surface area is 305 Å². The maximum atomic E-state index is 14.2. The van der Waals surface area contributed by atoms with E-state index in [1.807, 2.05) is 40.7 Å². The van der Waals surface area contributed by atoms with E-state index in [-0.39, 0.29) is 47.7 Å². The minimum Gasteiger partial charge on any atom is -0.354 e. The highest BCUT2D eigenvalue weighted by atomic mass is 16.2. The van der Waals surface area contributed by atoms with Gasteiger partial charge in [-0.1, -0.05) is 73.8 Å². The van der Waals surface area contributed by atoms with Gasteiger partial charge in [0.05, 0.1) is 12.1 Å². The van der Waals surface area contributed by atoms with Crippen LogP contribution in [0.25, 0.3) is 0 Å². The molecule has 0 aromatic carbocycles. The third-order valence-electron chi connectivity index (χ3n) is 10.6. The molecule has 2 rings (SSSR count). The Balaban J connectivity index is 2.12. The molecule has 10 heteroatoms. The van der Waals surface area contributed by atoms with Crippen LogP contribution in [0.5, 0.6) is 0 Å². The number of rotatable bonds is 19. The molecule has 10 nitrogen and oxygen atoms in total. The summed E-state index contributed by atoms with van der Waals surface area (Å²) in [5.41, 5.74) is 0.00472. The molecule has 2 fully saturated rings. The molecule has 288 valence electrons. The maximum Gasteiger partial charge on any atom is 0.249 e. The first-order chi connectivity index (χ1) is 23.5. The Hall–Kier alpha value is -2.46. The molecular formula is C40H74N6O4. The van der Waals surface area contributed by atoms with Crippen molar-refractivity contribution in [1.82, 2.24) is 30.2 Å². The number of likely N-dealkylation sites (N-methyl/N-ethyl adjacent to an activating group) is 1. The molecule has 0 saturated carbocycles. The summed E-state index contributed by atoms with van der Waals surface area (Å²) in [7, 11) is 1.77. The van der Waals surface area contributed by atoms with Crippen LogP contribution in [-0.4, -0.2) is 120 Å². The van der Waals surface area contributed by atoms with Crippen molar-refractivity contribution in [2.75, 3.05) is 46.3 Å². The van der Waals surface area contributed by atoms with E-state index >= 15 is 0 Å². The van der Waals surface area contributed by atoms with Crippen molar-refractivity contribution in [3.05, 3.63) is 11.6 Å². The third-order valence-corrected chi connectivity index (χ3v) is 10.6. The van der Waals surface area contributed by atoms with Gasteiger partial charge in [0.15, 0.2) is 0 Å². The Kier molecular flexibility index (Phi) is 18.5. The molecule has 0 aromatic heterocycles. The first kappa shape index (κ1) is 43.7. The number of hydrogen-bond acceptors (Lipinski definition) is 6. The summed E-state index contributed by atoms with van der Waals surface area (Å²) in [4.78, 5) is 63.1. The molecule has 0 aliphatic carbocycles. The average molecular weight is 703 g/mol. The highest BCUT2D eigenvalue weighted by Gasteiger charge is 2.40. The van der Waals surface area contributed by atoms with Crippen molar-refractivity contribution >= 4 is 23.6 Å². The van der Waals surface area contributed by atoms with Gasteiger partial charge >= 0.3 is 0 Å². The average Bonchev–Trinajstić information content (AvgIpc) is 3.57. The van der Waals surface area contributed by atoms with E-state index in [1.165, 1.54) is 25.7 Å². The zero-order valence-electron chi connectivity index (χ0n) is 33.8. The lowest BCUT2D eigenvalue weighted by atomic mass is 9.84. The summed E-state index contributed by atoms with van der Waals surface area (Å²) in [6.45, 7) is 25.6. The number of hydrogen-bond donors (Lipinski definition) is 2. The fourth-order valence-electron chi connectivity index (χ4n) is 7.41. The van der Waals surface area contributed by atoms with Gasteiger partial charge in [0, 0.05) is 31.8 Å². The zero-order valence-corrected chi connectivity index (χ0v) is 33.8. The SMILES string of the molecule is CCCCN(CCCC)CCCNC(=O)[C@@H]1CCCN1C(=O)/C(C)=C/[C@H](C(C)C)N(C)C(=O)[C@@H](NC(=O)[C@H]1CCCCN1C(C)C)C(C)(C)C. The molecule has 2 N–H and O–H groups in total. The summed E-state index contributed by atoms with van der Waals surface area (Å²) < 4.78 is 0. The fraction of sp³-hybridized carbons (Fsp3) is 0.850. The standard InChI is InChI=1S/C40H74N6O4/c1-12-14-23-44(24-15-13-2)25-19-22-41-36(47)32-21-18-27-46(32)38(49)31(7)28-34(29(3)4)43(11)39(50)35(40(8,9)10)42-37(48)33-20-16-17-26-45(33)30(5)6/h28-30,32-35H,12-27H2,1-11H3,(H,41,47)(H,42,48)/b31-28+/t32-,33+,34+,35+/m0/s1. The summed E-state index contributed by atoms with van der Waals surface area (Å²) in [6, 6.07) is -1.57. The van der Waals surface area contributed by atoms with Crippen LogP contribution in [0.2, 0.25) is 0 Å². The highest BCUT2D eigenvalue weighted by molar-refractivity contribution is 5.97. The van der Waals surface area contributed by atoms with E-state index in [1.54, 1.807) is 23.8 Å². The second kappa shape index (κ2) is 21.2. The van der Waals surface area contributed by atoms with Gasteiger partial charge in [-0.2, -0.15) is 0 Å². The third kappa shape index (κ3) is 12.9. The lowest BCUT2D eigenvalue weighted by Crippen LogP contribution is -2.60. The van der Waals surface area contributed by atoms with Gasteiger partial charge in [-0.25, -0.2) is 0 Å². The van der Waals surface area contributed by atoms with Gasteiger partial charge in [0.1, 0.15) is 12.1 Å². The minimum absolute atomic E-state index is 0.0182. The monoisotopic (exact) mass is 703 g/mol. The number of likely N-dealkylation sites (tertiary alicyclic amines) is 2. The van der Waals surface area contributed by atoms with Crippen molar-refractivity contribution in [3.8, 4) is 0 Å². The first-order valence-corrected chi connectivity index (χ1v) is 19.9. The van der Waals surface area contributed by atoms with Gasteiger partial charge in [0.25, 0.3) is 0 Å². The van der Waals surface area contributed by atoms with Crippen LogP contribution in [0.4, 0.5) is 0 Å². The van der Waals surface area contributed by atoms with Crippen molar-refractivity contribution in [2.45, 2.75) is 164 Å². The normalized spacial score (nSPS) is 20.4. The predicted molar refractivity (Wildman–Crippen MR) is 205 cm³/mol. The van der Waals surface area contributed by atoms with E-state index in [9.17, 15) is 19.2 Å². The van der Waals surface area contributed by atoms with E-state index in [4.69, 9.17) is 0 Å². The number of nitrogens with zero attached hydrogens (tertiary/aromatic N) is 4. The van der Waals surface area contributed by atoms with Gasteiger partial charge in [-0.3, -0.25) is 24.1 Å². The predicted octanol–water partition coefficient (Wildman–Crippen LogP) is 5.61. The van der Waals surface area contributed by atoms with Crippen LogP contribution < -0.4 is 10.6 Å². The molecule has 0 unspecified atom stereocenters. The van der Waals surface area contributed by atoms with Crippen molar-refractivity contribution in [2.24, 2.45) is 11.3 Å². The van der Waals surface area contributed by atoms with Crippen LogP contribution in [0, 0.1) is 11.3 Å². The van der Waals surface area contributed by atoms with Crippen molar-refractivity contribution in [3.63, 3.8) is 0 Å². The lowest BCUT2D eigenvalue weighted by molar-refractivity contribution is -0.142. The Morgan fingerprint density at radius 1 is 0.840 bits per heavy atom. The molecule has 2 aliphatic heterocycles. The fourth-order valence-corrected chi connectivity index (χ4v) is 7.41. The maximum absolute atomic E-state index is 14.2. The minimum atomic E-state index is -0.723. The number of unbranched alkanes of at least 4 members (excludes halogenated alkanes) is 2. The van der Waals surface area contributed by atoms with Crippen LogP contribution in [0.15, 0.2) is 11.6 Å². The molecule has 4 amide bonds. The summed E-state index contributed by atoms with van der Waals surface area (Å²) in [5.74, 6) is -0.486. The second-order valence-corrected chi connectivity index (χ2v) is 16.5. The van der Waals surface area contributed by atoms with E-state index in [2.05, 4.69) is 48.1 Å². The molecule has 0 aromatic rings. The number of piperidine rings is 1. The van der Waals surface area contributed by atoms with Gasteiger partial charge < -0.3 is 25.3 Å². The Morgan fingerprint density at radius 2 is 1.44 bits per heavy atom. The van der Waals surface area contributed by atoms with Gasteiger partial charge in [0.2, 0.25) is 23.6 Å². The molecule has 2 heterocycles. The summed E-state index contributed by atoms with van der Waals surface area (Å²) in [6.07, 6.45) is 11.8. The van der Waals surface area contributed by atoms with E-state index < -0.39 is 17.5 Å². The molecule has 0 spiro atoms. The topological polar surface area (TPSA) is 105 Å². The second-order valence-electron chi connectivity index (χ2n) is 16.5. The van der Waals surface area contributed by atoms with Crippen LogP contribution >= 0.6 is 0 Å². The van der Waals surface area contributed by atoms with Crippen molar-refractivity contribution < 1.29 is 19.2 Å². The first-order valence-electron chi connectivity index (χ1n) is 19.9. The van der Waals surface area contributed by atoms with Crippen molar-refractivity contribution in [1.29, 1.82) is 0 Å². The van der Waals surface area contributed by atoms with Gasteiger partial charge in [-0.05, 0) is 103 Å². The van der Waals surface area contributed by atoms with Crippen LogP contribution in [-0.2, 0) is 19.2 Å². The molecule has 2 aliphatic rings.